The van der Waals surface area contributed by atoms with Crippen LogP contribution >= 0.6 is 0 Å². The van der Waals surface area contributed by atoms with E-state index in [-0.39, 0.29) is 6.10 Å². The molecule has 0 radical (unpaired) electrons. The number of hydrogen-bond acceptors (Lipinski definition) is 6. The predicted octanol–water partition coefficient (Wildman–Crippen LogP) is 1.23. The van der Waals surface area contributed by atoms with Gasteiger partial charge in [0.25, 0.3) is 0 Å². The number of ether oxygens (including phenoxy) is 1. The minimum atomic E-state index is 0.0547. The average molecular weight is 235 g/mol. The van der Waals surface area contributed by atoms with E-state index in [1.807, 2.05) is 13.8 Å². The van der Waals surface area contributed by atoms with Gasteiger partial charge in [0.15, 0.2) is 0 Å². The van der Waals surface area contributed by atoms with Gasteiger partial charge in [-0.15, -0.1) is 0 Å². The fourth-order valence-corrected chi connectivity index (χ4v) is 1.25. The third-order valence-corrected chi connectivity index (χ3v) is 2.26. The van der Waals surface area contributed by atoms with Gasteiger partial charge in [0, 0.05) is 20.2 Å². The molecule has 0 amide bonds. The Morgan fingerprint density at radius 1 is 1.41 bits per heavy atom. The number of anilines is 2. The fourth-order valence-electron chi connectivity index (χ4n) is 1.25. The normalized spacial score (nSPS) is 11.6. The lowest BCUT2D eigenvalue weighted by atomic mass is 10.3. The third-order valence-electron chi connectivity index (χ3n) is 2.26. The first-order chi connectivity index (χ1) is 8.22. The summed E-state index contributed by atoms with van der Waals surface area (Å²) in [5, 5.41) is 15.2. The molecule has 0 spiro atoms. The van der Waals surface area contributed by atoms with Crippen molar-refractivity contribution in [1.29, 1.82) is 5.26 Å². The highest BCUT2D eigenvalue weighted by Crippen LogP contribution is 2.18. The maximum Gasteiger partial charge on any atom is 0.149 e. The Balaban J connectivity index is 2.84. The summed E-state index contributed by atoms with van der Waals surface area (Å²) >= 11 is 0. The number of aromatic nitrogens is 2. The molecule has 17 heavy (non-hydrogen) atoms. The summed E-state index contributed by atoms with van der Waals surface area (Å²) in [5.74, 6) is 1.08. The van der Waals surface area contributed by atoms with Crippen molar-refractivity contribution in [2.45, 2.75) is 20.0 Å². The zero-order valence-corrected chi connectivity index (χ0v) is 10.3. The van der Waals surface area contributed by atoms with Crippen molar-refractivity contribution < 1.29 is 4.74 Å². The quantitative estimate of drug-likeness (QED) is 0.771. The molecule has 0 aliphatic rings. The smallest absolute Gasteiger partial charge is 0.149 e. The van der Waals surface area contributed by atoms with E-state index in [0.29, 0.717) is 30.3 Å². The van der Waals surface area contributed by atoms with E-state index in [4.69, 9.17) is 10.00 Å². The van der Waals surface area contributed by atoms with Crippen molar-refractivity contribution in [2.75, 3.05) is 30.8 Å². The Kier molecular flexibility index (Phi) is 5.17. The Bertz CT molecular complexity index is 401. The fraction of sp³-hybridized carbons (Fsp3) is 0.545. The molecule has 1 aromatic rings. The number of methoxy groups -OCH3 is 1. The SMILES string of the molecule is CCNc1ncnc(NCC(C)OC)c1C#N. The topological polar surface area (TPSA) is 82.9 Å². The van der Waals surface area contributed by atoms with Gasteiger partial charge >= 0.3 is 0 Å². The molecule has 0 saturated heterocycles. The summed E-state index contributed by atoms with van der Waals surface area (Å²) < 4.78 is 5.12. The molecule has 6 nitrogen and oxygen atoms in total. The van der Waals surface area contributed by atoms with Gasteiger partial charge in [-0.1, -0.05) is 0 Å². The number of rotatable bonds is 6. The molecule has 0 bridgehead atoms. The molecule has 0 aliphatic heterocycles. The largest absolute Gasteiger partial charge is 0.380 e. The van der Waals surface area contributed by atoms with Crippen LogP contribution in [0.5, 0.6) is 0 Å². The number of nitriles is 1. The maximum atomic E-state index is 9.11. The molecule has 0 aromatic carbocycles. The molecule has 6 heteroatoms. The second-order valence-electron chi connectivity index (χ2n) is 3.52. The Hall–Kier alpha value is -1.87. The first kappa shape index (κ1) is 13.2. The van der Waals surface area contributed by atoms with Crippen LogP contribution in [0.15, 0.2) is 6.33 Å². The van der Waals surface area contributed by atoms with E-state index in [9.17, 15) is 0 Å². The van der Waals surface area contributed by atoms with Crippen molar-refractivity contribution in [3.05, 3.63) is 11.9 Å². The summed E-state index contributed by atoms with van der Waals surface area (Å²) in [7, 11) is 1.64. The molecule has 1 heterocycles. The van der Waals surface area contributed by atoms with E-state index in [1.54, 1.807) is 7.11 Å². The minimum absolute atomic E-state index is 0.0547. The van der Waals surface area contributed by atoms with Crippen LogP contribution in [-0.2, 0) is 4.74 Å². The van der Waals surface area contributed by atoms with Crippen LogP contribution in [0.2, 0.25) is 0 Å². The Morgan fingerprint density at radius 2 is 2.06 bits per heavy atom. The summed E-state index contributed by atoms with van der Waals surface area (Å²) in [6, 6.07) is 2.10. The first-order valence-electron chi connectivity index (χ1n) is 5.48. The van der Waals surface area contributed by atoms with Gasteiger partial charge < -0.3 is 15.4 Å². The van der Waals surface area contributed by atoms with Crippen LogP contribution < -0.4 is 10.6 Å². The van der Waals surface area contributed by atoms with E-state index >= 15 is 0 Å². The van der Waals surface area contributed by atoms with Gasteiger partial charge in [-0.05, 0) is 13.8 Å². The van der Waals surface area contributed by atoms with Gasteiger partial charge in [-0.2, -0.15) is 5.26 Å². The molecular weight excluding hydrogens is 218 g/mol. The van der Waals surface area contributed by atoms with Crippen molar-refractivity contribution in [2.24, 2.45) is 0 Å². The molecule has 1 unspecified atom stereocenters. The lowest BCUT2D eigenvalue weighted by molar-refractivity contribution is 0.128. The molecule has 92 valence electrons. The van der Waals surface area contributed by atoms with Crippen LogP contribution in [0.4, 0.5) is 11.6 Å². The zero-order chi connectivity index (χ0) is 12.7. The standard InChI is InChI=1S/C11H17N5O/c1-4-13-10-9(5-12)11(16-7-15-10)14-6-8(2)17-3/h7-8H,4,6H2,1-3H3,(H2,13,14,15,16). The highest BCUT2D eigenvalue weighted by Gasteiger charge is 2.10. The molecular formula is C11H17N5O. The van der Waals surface area contributed by atoms with Crippen LogP contribution in [0.25, 0.3) is 0 Å². The minimum Gasteiger partial charge on any atom is -0.380 e. The van der Waals surface area contributed by atoms with Crippen molar-refractivity contribution in [3.63, 3.8) is 0 Å². The highest BCUT2D eigenvalue weighted by molar-refractivity contribution is 5.63. The average Bonchev–Trinajstić information content (AvgIpc) is 2.36. The van der Waals surface area contributed by atoms with Gasteiger partial charge in [0.1, 0.15) is 29.6 Å². The summed E-state index contributed by atoms with van der Waals surface area (Å²) in [6.45, 7) is 5.18. The van der Waals surface area contributed by atoms with Gasteiger partial charge in [0.2, 0.25) is 0 Å². The summed E-state index contributed by atoms with van der Waals surface area (Å²) in [5.41, 5.74) is 0.428. The molecule has 0 fully saturated rings. The maximum absolute atomic E-state index is 9.11. The van der Waals surface area contributed by atoms with E-state index < -0.39 is 0 Å². The van der Waals surface area contributed by atoms with Crippen LogP contribution in [-0.4, -0.2) is 36.3 Å². The molecule has 0 aliphatic carbocycles. The summed E-state index contributed by atoms with van der Waals surface area (Å²) in [4.78, 5) is 8.09. The van der Waals surface area contributed by atoms with Crippen LogP contribution in [0.3, 0.4) is 0 Å². The third kappa shape index (κ3) is 3.57. The van der Waals surface area contributed by atoms with Gasteiger partial charge in [-0.3, -0.25) is 0 Å². The highest BCUT2D eigenvalue weighted by atomic mass is 16.5. The molecule has 1 atom stereocenters. The van der Waals surface area contributed by atoms with Crippen LogP contribution in [0.1, 0.15) is 19.4 Å². The monoisotopic (exact) mass is 235 g/mol. The van der Waals surface area contributed by atoms with Crippen molar-refractivity contribution in [1.82, 2.24) is 9.97 Å². The zero-order valence-electron chi connectivity index (χ0n) is 10.3. The van der Waals surface area contributed by atoms with E-state index in [1.165, 1.54) is 6.33 Å². The van der Waals surface area contributed by atoms with Crippen molar-refractivity contribution >= 4 is 11.6 Å². The first-order valence-corrected chi connectivity index (χ1v) is 5.48. The second-order valence-corrected chi connectivity index (χ2v) is 3.52. The number of hydrogen-bond donors (Lipinski definition) is 2. The van der Waals surface area contributed by atoms with E-state index in [0.717, 1.165) is 0 Å². The van der Waals surface area contributed by atoms with Crippen molar-refractivity contribution in [3.8, 4) is 6.07 Å². The van der Waals surface area contributed by atoms with Gasteiger partial charge in [0.05, 0.1) is 6.10 Å². The predicted molar refractivity (Wildman–Crippen MR) is 65.9 cm³/mol. The molecule has 1 aromatic heterocycles. The Morgan fingerprint density at radius 3 is 2.59 bits per heavy atom. The second kappa shape index (κ2) is 6.66. The van der Waals surface area contributed by atoms with E-state index in [2.05, 4.69) is 26.7 Å². The lowest BCUT2D eigenvalue weighted by Crippen LogP contribution is -2.19. The molecule has 1 rings (SSSR count). The number of nitrogens with zero attached hydrogens (tertiary/aromatic N) is 3. The molecule has 0 saturated carbocycles. The Labute approximate surface area is 101 Å². The summed E-state index contributed by atoms with van der Waals surface area (Å²) in [6.07, 6.45) is 1.48. The molecule has 2 N–H and O–H groups in total. The number of nitrogens with one attached hydrogen (secondary N) is 2. The lowest BCUT2D eigenvalue weighted by Gasteiger charge is -2.13. The van der Waals surface area contributed by atoms with Gasteiger partial charge in [-0.25, -0.2) is 9.97 Å². The van der Waals surface area contributed by atoms with Crippen LogP contribution in [0, 0.1) is 11.3 Å².